The molecule has 0 N–H and O–H groups in total. The summed E-state index contributed by atoms with van der Waals surface area (Å²) in [5, 5.41) is 16.2. The summed E-state index contributed by atoms with van der Waals surface area (Å²) in [6.07, 6.45) is 0.684. The van der Waals surface area contributed by atoms with Crippen LogP contribution in [0.25, 0.3) is 32.7 Å². The molecule has 0 bridgehead atoms. The standard InChI is InChI=1S/C34H29N2O4.C24H20B/c1-34(2)39-21-30(33(40-34)24-15-17-27(18-16-24)36(37)38)35-19-25-13-11-22-7-3-5-9-28(22)31(25)32-26(20-35)14-12-23-8-4-6-10-29(23)32;1-5-13-21(14-6-1)25(22-15-7-2-8-16-22,23-17-9-3-10-18-23)24-19-11-4-12-20-24/h3-19,30,33H,20-21H2,1-2H3;1-20H/q+1;-1/t30-,33-;/m0./s1. The van der Waals surface area contributed by atoms with E-state index >= 15 is 0 Å². The molecule has 1 saturated heterocycles. The SMILES string of the molecule is CC1(C)OC[C@H]([N+]2=Cc3ccc4ccccc4c3-c3c(ccc4ccccc34)C2)[C@H](c2ccc([N+](=O)[O-])cc2)O1.c1ccc([B-](c2ccccc2)(c2ccccc2)c2ccccc2)cc1. The van der Waals surface area contributed by atoms with Crippen LogP contribution in [0.3, 0.4) is 0 Å². The fraction of sp³-hybridized carbons (Fsp3) is 0.121. The number of nitrogens with zero attached hydrogens (tertiary/aromatic N) is 2. The zero-order valence-electron chi connectivity index (χ0n) is 36.5. The van der Waals surface area contributed by atoms with Crippen LogP contribution in [-0.2, 0) is 16.0 Å². The zero-order chi connectivity index (χ0) is 44.4. The monoisotopic (exact) mass is 848 g/mol. The van der Waals surface area contributed by atoms with Gasteiger partial charge in [0.25, 0.3) is 5.69 Å². The smallest absolute Gasteiger partial charge is 0.269 e. The van der Waals surface area contributed by atoms with E-state index in [4.69, 9.17) is 9.47 Å². The van der Waals surface area contributed by atoms with Crippen molar-refractivity contribution in [2.45, 2.75) is 38.3 Å². The molecule has 0 saturated carbocycles. The number of fused-ring (bicyclic) bond motifs is 7. The molecular formula is C58H49BN2O4. The van der Waals surface area contributed by atoms with Gasteiger partial charge in [-0.3, -0.25) is 10.1 Å². The van der Waals surface area contributed by atoms with Crippen LogP contribution in [0.5, 0.6) is 0 Å². The maximum atomic E-state index is 11.3. The molecule has 9 aromatic rings. The van der Waals surface area contributed by atoms with Gasteiger partial charge >= 0.3 is 0 Å². The van der Waals surface area contributed by atoms with Crippen LogP contribution >= 0.6 is 0 Å². The Morgan fingerprint density at radius 2 is 1.02 bits per heavy atom. The van der Waals surface area contributed by atoms with Gasteiger partial charge in [0.1, 0.15) is 18.9 Å². The number of hydrogen-bond donors (Lipinski definition) is 0. The van der Waals surface area contributed by atoms with Crippen molar-refractivity contribution in [3.05, 3.63) is 245 Å². The summed E-state index contributed by atoms with van der Waals surface area (Å²) in [4.78, 5) is 10.9. The normalized spacial score (nSPS) is 16.6. The van der Waals surface area contributed by atoms with E-state index in [1.807, 2.05) is 13.8 Å². The maximum Gasteiger partial charge on any atom is 0.269 e. The van der Waals surface area contributed by atoms with E-state index in [1.54, 1.807) is 24.3 Å². The Balaban J connectivity index is 0.000000171. The van der Waals surface area contributed by atoms with Crippen molar-refractivity contribution in [2.24, 2.45) is 0 Å². The van der Waals surface area contributed by atoms with Crippen molar-refractivity contribution in [1.29, 1.82) is 0 Å². The Labute approximate surface area is 380 Å². The topological polar surface area (TPSA) is 64.6 Å². The largest absolute Gasteiger partial charge is 0.343 e. The van der Waals surface area contributed by atoms with Crippen LogP contribution < -0.4 is 21.9 Å². The number of rotatable bonds is 7. The third-order valence-corrected chi connectivity index (χ3v) is 13.3. The predicted molar refractivity (Wildman–Crippen MR) is 267 cm³/mol. The molecule has 9 aromatic carbocycles. The minimum atomic E-state index is -1.22. The molecule has 2 heterocycles. The molecule has 65 heavy (non-hydrogen) atoms. The highest BCUT2D eigenvalue weighted by Crippen LogP contribution is 2.42. The van der Waals surface area contributed by atoms with Gasteiger partial charge in [-0.15, -0.1) is 0 Å². The Morgan fingerprint density at radius 3 is 1.52 bits per heavy atom. The molecule has 0 amide bonds. The van der Waals surface area contributed by atoms with Crippen LogP contribution in [0.4, 0.5) is 5.69 Å². The van der Waals surface area contributed by atoms with Crippen LogP contribution in [0.2, 0.25) is 0 Å². The van der Waals surface area contributed by atoms with Gasteiger partial charge in [0.15, 0.2) is 18.5 Å². The molecule has 2 aliphatic heterocycles. The van der Waals surface area contributed by atoms with Crippen molar-refractivity contribution in [1.82, 2.24) is 0 Å². The molecule has 0 spiro atoms. The highest BCUT2D eigenvalue weighted by Gasteiger charge is 2.44. The predicted octanol–water partition coefficient (Wildman–Crippen LogP) is 10.5. The summed E-state index contributed by atoms with van der Waals surface area (Å²) in [6.45, 7) is 4.95. The van der Waals surface area contributed by atoms with Crippen LogP contribution in [0.15, 0.2) is 218 Å². The highest BCUT2D eigenvalue weighted by atomic mass is 16.7. The average molecular weight is 849 g/mol. The Bertz CT molecular complexity index is 3000. The Kier molecular flexibility index (Phi) is 11.3. The van der Waals surface area contributed by atoms with Gasteiger partial charge in [0.05, 0.1) is 4.92 Å². The van der Waals surface area contributed by atoms with E-state index in [1.165, 1.54) is 60.1 Å². The molecule has 2 aliphatic rings. The van der Waals surface area contributed by atoms with Gasteiger partial charge in [-0.1, -0.05) is 188 Å². The average Bonchev–Trinajstić information content (AvgIpc) is 3.53. The molecule has 6 nitrogen and oxygen atoms in total. The molecule has 2 atom stereocenters. The number of nitro benzene ring substituents is 1. The highest BCUT2D eigenvalue weighted by molar-refractivity contribution is 7.19. The number of non-ortho nitro benzene ring substituents is 1. The van der Waals surface area contributed by atoms with E-state index in [0.29, 0.717) is 13.2 Å². The zero-order valence-corrected chi connectivity index (χ0v) is 36.5. The minimum Gasteiger partial charge on any atom is -0.343 e. The third-order valence-electron chi connectivity index (χ3n) is 13.3. The summed E-state index contributed by atoms with van der Waals surface area (Å²) in [6, 6.07) is 76.0. The van der Waals surface area contributed by atoms with Gasteiger partial charge in [0, 0.05) is 34.4 Å². The van der Waals surface area contributed by atoms with Gasteiger partial charge in [-0.25, -0.2) is 4.58 Å². The van der Waals surface area contributed by atoms with E-state index < -0.39 is 11.9 Å². The van der Waals surface area contributed by atoms with Gasteiger partial charge in [-0.2, -0.15) is 21.9 Å². The summed E-state index contributed by atoms with van der Waals surface area (Å²) >= 11 is 0. The molecule has 0 aromatic heterocycles. The lowest BCUT2D eigenvalue weighted by Gasteiger charge is -2.44. The summed E-state index contributed by atoms with van der Waals surface area (Å²) < 4.78 is 15.1. The first-order valence-corrected chi connectivity index (χ1v) is 22.4. The fourth-order valence-corrected chi connectivity index (χ4v) is 10.3. The lowest BCUT2D eigenvalue weighted by molar-refractivity contribution is -0.607. The van der Waals surface area contributed by atoms with E-state index in [9.17, 15) is 10.1 Å². The summed E-state index contributed by atoms with van der Waals surface area (Å²) in [5.74, 6) is -0.781. The second kappa shape index (κ2) is 17.6. The molecule has 11 rings (SSSR count). The summed E-state index contributed by atoms with van der Waals surface area (Å²) in [7, 11) is 0. The van der Waals surface area contributed by atoms with Crippen molar-refractivity contribution >= 4 is 61.4 Å². The van der Waals surface area contributed by atoms with E-state index in [0.717, 1.165) is 11.1 Å². The second-order valence-electron chi connectivity index (χ2n) is 17.5. The van der Waals surface area contributed by atoms with Gasteiger partial charge in [-0.05, 0) is 59.2 Å². The van der Waals surface area contributed by atoms with Crippen molar-refractivity contribution in [3.8, 4) is 11.1 Å². The molecule has 0 aliphatic carbocycles. The molecule has 318 valence electrons. The van der Waals surface area contributed by atoms with Crippen molar-refractivity contribution in [3.63, 3.8) is 0 Å². The lowest BCUT2D eigenvalue weighted by atomic mass is 9.13. The second-order valence-corrected chi connectivity index (χ2v) is 17.5. The van der Waals surface area contributed by atoms with Crippen molar-refractivity contribution in [2.75, 3.05) is 6.61 Å². The molecule has 7 heteroatoms. The number of ether oxygens (including phenoxy) is 2. The lowest BCUT2D eigenvalue weighted by Crippen LogP contribution is -2.74. The molecule has 0 unspecified atom stereocenters. The van der Waals surface area contributed by atoms with E-state index in [2.05, 4.69) is 205 Å². The number of hydrogen-bond acceptors (Lipinski definition) is 4. The molecule has 1 fully saturated rings. The van der Waals surface area contributed by atoms with Crippen LogP contribution in [0, 0.1) is 10.1 Å². The first-order valence-electron chi connectivity index (χ1n) is 22.4. The van der Waals surface area contributed by atoms with Crippen LogP contribution in [0.1, 0.15) is 36.6 Å². The van der Waals surface area contributed by atoms with Gasteiger partial charge < -0.3 is 9.47 Å². The van der Waals surface area contributed by atoms with Crippen LogP contribution in [-0.4, -0.2) is 40.3 Å². The number of benzene rings is 9. The Hall–Kier alpha value is -7.45. The molecule has 0 radical (unpaired) electrons. The third kappa shape index (κ3) is 7.94. The fourth-order valence-electron chi connectivity index (χ4n) is 10.3. The number of nitro groups is 1. The first kappa shape index (κ1) is 41.6. The summed E-state index contributed by atoms with van der Waals surface area (Å²) in [5.41, 5.74) is 11.2. The molecular weight excluding hydrogens is 799 g/mol. The Morgan fingerprint density at radius 1 is 0.554 bits per heavy atom. The van der Waals surface area contributed by atoms with E-state index in [-0.39, 0.29) is 22.8 Å². The minimum absolute atomic E-state index is 0.0644. The maximum absolute atomic E-state index is 11.3. The quantitative estimate of drug-likeness (QED) is 0.0694. The van der Waals surface area contributed by atoms with Crippen molar-refractivity contribution < 1.29 is 19.0 Å². The first-order chi connectivity index (χ1) is 31.8. The van der Waals surface area contributed by atoms with Gasteiger partial charge in [0.2, 0.25) is 6.04 Å².